The lowest BCUT2D eigenvalue weighted by Crippen LogP contribution is -2.30. The first-order valence-electron chi connectivity index (χ1n) is 5.69. The summed E-state index contributed by atoms with van der Waals surface area (Å²) in [5, 5.41) is 10.9. The van der Waals surface area contributed by atoms with E-state index in [9.17, 15) is 10.1 Å². The van der Waals surface area contributed by atoms with Crippen LogP contribution in [0, 0.1) is 10.1 Å². The Morgan fingerprint density at radius 3 is 2.67 bits per heavy atom. The van der Waals surface area contributed by atoms with Crippen molar-refractivity contribution in [1.29, 1.82) is 0 Å². The van der Waals surface area contributed by atoms with Gasteiger partial charge in [0.05, 0.1) is 21.3 Å². The summed E-state index contributed by atoms with van der Waals surface area (Å²) in [5.41, 5.74) is 1.87. The molecule has 1 aromatic carbocycles. The fraction of sp³-hybridized carbons (Fsp3) is 0.417. The highest BCUT2D eigenvalue weighted by Crippen LogP contribution is 2.36. The van der Waals surface area contributed by atoms with Gasteiger partial charge in [-0.25, -0.2) is 0 Å². The third-order valence-electron chi connectivity index (χ3n) is 3.42. The summed E-state index contributed by atoms with van der Waals surface area (Å²) >= 11 is 5.37. The van der Waals surface area contributed by atoms with Crippen LogP contribution < -0.4 is 9.80 Å². The van der Waals surface area contributed by atoms with Crippen LogP contribution in [0.2, 0.25) is 0 Å². The third kappa shape index (κ3) is 2.03. The van der Waals surface area contributed by atoms with Crippen LogP contribution in [-0.2, 0) is 0 Å². The fourth-order valence-electron chi connectivity index (χ4n) is 2.09. The van der Waals surface area contributed by atoms with Crippen molar-refractivity contribution < 1.29 is 4.92 Å². The zero-order chi connectivity index (χ0) is 13.4. The molecule has 1 atom stereocenters. The SMILES string of the molecule is CC1CC(=S)N(C)c2ccc([N+](=O)[O-])cc2N1C. The van der Waals surface area contributed by atoms with Crippen LogP contribution >= 0.6 is 12.2 Å². The van der Waals surface area contributed by atoms with E-state index >= 15 is 0 Å². The average Bonchev–Trinajstić information content (AvgIpc) is 2.42. The van der Waals surface area contributed by atoms with Gasteiger partial charge in [0, 0.05) is 38.7 Å². The number of hydrogen-bond acceptors (Lipinski definition) is 4. The first-order valence-corrected chi connectivity index (χ1v) is 6.10. The Labute approximate surface area is 111 Å². The number of benzene rings is 1. The fourth-order valence-corrected chi connectivity index (χ4v) is 2.43. The highest BCUT2D eigenvalue weighted by molar-refractivity contribution is 7.80. The van der Waals surface area contributed by atoms with Crippen molar-refractivity contribution in [2.75, 3.05) is 23.9 Å². The summed E-state index contributed by atoms with van der Waals surface area (Å²) in [6.45, 7) is 2.06. The maximum atomic E-state index is 10.9. The van der Waals surface area contributed by atoms with Gasteiger partial charge in [-0.3, -0.25) is 10.1 Å². The van der Waals surface area contributed by atoms with Crippen LogP contribution in [0.4, 0.5) is 17.1 Å². The Morgan fingerprint density at radius 1 is 1.39 bits per heavy atom. The first kappa shape index (κ1) is 12.8. The van der Waals surface area contributed by atoms with Crippen LogP contribution in [0.15, 0.2) is 18.2 Å². The molecule has 96 valence electrons. The highest BCUT2D eigenvalue weighted by Gasteiger charge is 2.25. The number of rotatable bonds is 1. The molecular formula is C12H15N3O2S. The monoisotopic (exact) mass is 265 g/mol. The highest BCUT2D eigenvalue weighted by atomic mass is 32.1. The summed E-state index contributed by atoms with van der Waals surface area (Å²) in [4.78, 5) is 15.3. The summed E-state index contributed by atoms with van der Waals surface area (Å²) in [6.07, 6.45) is 0.769. The standard InChI is InChI=1S/C12H15N3O2S/c1-8-6-12(18)14(3)10-5-4-9(15(16)17)7-11(10)13(8)2/h4-5,7-8H,6H2,1-3H3. The quantitative estimate of drug-likeness (QED) is 0.444. The molecule has 6 heteroatoms. The van der Waals surface area contributed by atoms with Gasteiger partial charge in [-0.2, -0.15) is 0 Å². The molecule has 0 bridgehead atoms. The molecule has 0 spiro atoms. The predicted octanol–water partition coefficient (Wildman–Crippen LogP) is 2.59. The Balaban J connectivity index is 2.58. The molecule has 2 rings (SSSR count). The molecule has 1 aliphatic heterocycles. The molecule has 0 radical (unpaired) electrons. The van der Waals surface area contributed by atoms with Crippen molar-refractivity contribution >= 4 is 34.3 Å². The molecule has 0 aliphatic carbocycles. The van der Waals surface area contributed by atoms with E-state index in [1.165, 1.54) is 6.07 Å². The van der Waals surface area contributed by atoms with Crippen molar-refractivity contribution in [3.05, 3.63) is 28.3 Å². The van der Waals surface area contributed by atoms with E-state index in [1.807, 2.05) is 23.9 Å². The number of hydrogen-bond donors (Lipinski definition) is 0. The van der Waals surface area contributed by atoms with Crippen molar-refractivity contribution in [2.24, 2.45) is 0 Å². The number of fused-ring (bicyclic) bond motifs is 1. The van der Waals surface area contributed by atoms with Crippen LogP contribution in [0.3, 0.4) is 0 Å². The van der Waals surface area contributed by atoms with Gasteiger partial charge in [0.2, 0.25) is 0 Å². The lowest BCUT2D eigenvalue weighted by molar-refractivity contribution is -0.384. The zero-order valence-electron chi connectivity index (χ0n) is 10.6. The minimum absolute atomic E-state index is 0.106. The smallest absolute Gasteiger partial charge is 0.271 e. The lowest BCUT2D eigenvalue weighted by Gasteiger charge is -2.25. The first-order chi connectivity index (χ1) is 8.41. The molecular weight excluding hydrogens is 250 g/mol. The minimum Gasteiger partial charge on any atom is -0.370 e. The molecule has 1 aromatic rings. The molecule has 0 saturated heterocycles. The van der Waals surface area contributed by atoms with E-state index in [2.05, 4.69) is 6.92 Å². The van der Waals surface area contributed by atoms with E-state index in [1.54, 1.807) is 12.1 Å². The number of nitro groups is 1. The lowest BCUT2D eigenvalue weighted by atomic mass is 10.2. The van der Waals surface area contributed by atoms with Gasteiger partial charge in [0.15, 0.2) is 0 Å². The second kappa shape index (κ2) is 4.53. The van der Waals surface area contributed by atoms with Crippen molar-refractivity contribution in [2.45, 2.75) is 19.4 Å². The molecule has 0 aromatic heterocycles. The second-order valence-electron chi connectivity index (χ2n) is 4.55. The summed E-state index contributed by atoms with van der Waals surface area (Å²) in [7, 11) is 3.84. The molecule has 1 aliphatic rings. The normalized spacial score (nSPS) is 19.5. The Morgan fingerprint density at radius 2 is 2.06 bits per heavy atom. The summed E-state index contributed by atoms with van der Waals surface area (Å²) in [6, 6.07) is 5.11. The summed E-state index contributed by atoms with van der Waals surface area (Å²) in [5.74, 6) is 0. The third-order valence-corrected chi connectivity index (χ3v) is 3.86. The van der Waals surface area contributed by atoms with E-state index in [-0.39, 0.29) is 16.7 Å². The maximum Gasteiger partial charge on any atom is 0.271 e. The van der Waals surface area contributed by atoms with Crippen molar-refractivity contribution in [1.82, 2.24) is 0 Å². The molecule has 0 fully saturated rings. The Hall–Kier alpha value is -1.69. The van der Waals surface area contributed by atoms with E-state index in [4.69, 9.17) is 12.2 Å². The molecule has 0 N–H and O–H groups in total. The number of nitrogens with zero attached hydrogens (tertiary/aromatic N) is 3. The van der Waals surface area contributed by atoms with Gasteiger partial charge >= 0.3 is 0 Å². The van der Waals surface area contributed by atoms with E-state index in [0.29, 0.717) is 0 Å². The minimum atomic E-state index is -0.373. The van der Waals surface area contributed by atoms with Crippen LogP contribution in [0.25, 0.3) is 0 Å². The Bertz CT molecular complexity index is 518. The summed E-state index contributed by atoms with van der Waals surface area (Å²) < 4.78 is 0. The zero-order valence-corrected chi connectivity index (χ0v) is 11.4. The molecule has 0 saturated carbocycles. The maximum absolute atomic E-state index is 10.9. The molecule has 18 heavy (non-hydrogen) atoms. The molecule has 0 amide bonds. The van der Waals surface area contributed by atoms with Gasteiger partial charge in [0.1, 0.15) is 0 Å². The van der Waals surface area contributed by atoms with E-state index < -0.39 is 0 Å². The van der Waals surface area contributed by atoms with Gasteiger partial charge in [0.25, 0.3) is 5.69 Å². The Kier molecular flexibility index (Phi) is 3.21. The number of anilines is 2. The number of thiocarbonyl (C=S) groups is 1. The van der Waals surface area contributed by atoms with Crippen molar-refractivity contribution in [3.8, 4) is 0 Å². The predicted molar refractivity (Wildman–Crippen MR) is 76.6 cm³/mol. The van der Waals surface area contributed by atoms with Gasteiger partial charge in [-0.1, -0.05) is 12.2 Å². The van der Waals surface area contributed by atoms with Crippen LogP contribution in [-0.4, -0.2) is 30.0 Å². The van der Waals surface area contributed by atoms with Crippen molar-refractivity contribution in [3.63, 3.8) is 0 Å². The number of non-ortho nitro benzene ring substituents is 1. The largest absolute Gasteiger partial charge is 0.370 e. The molecule has 1 heterocycles. The topological polar surface area (TPSA) is 49.6 Å². The van der Waals surface area contributed by atoms with Crippen LogP contribution in [0.5, 0.6) is 0 Å². The van der Waals surface area contributed by atoms with Gasteiger partial charge < -0.3 is 9.80 Å². The molecule has 5 nitrogen and oxygen atoms in total. The van der Waals surface area contributed by atoms with E-state index in [0.717, 1.165) is 22.8 Å². The second-order valence-corrected chi connectivity index (χ2v) is 5.02. The average molecular weight is 265 g/mol. The molecule has 1 unspecified atom stereocenters. The van der Waals surface area contributed by atoms with Gasteiger partial charge in [-0.15, -0.1) is 0 Å². The number of nitro benzene ring substituents is 1. The van der Waals surface area contributed by atoms with Crippen LogP contribution in [0.1, 0.15) is 13.3 Å². The van der Waals surface area contributed by atoms with Gasteiger partial charge in [-0.05, 0) is 13.0 Å².